The van der Waals surface area contributed by atoms with Crippen LogP contribution in [0.15, 0.2) is 54.7 Å². The topological polar surface area (TPSA) is 87.9 Å². The molecule has 1 heterocycles. The molecule has 29 heavy (non-hydrogen) atoms. The fraction of sp³-hybridized carbons (Fsp3) is 0.100. The second kappa shape index (κ2) is 7.98. The Labute approximate surface area is 163 Å². The van der Waals surface area contributed by atoms with E-state index >= 15 is 0 Å². The highest BCUT2D eigenvalue weighted by Gasteiger charge is 2.35. The number of carbonyl (C=O) groups excluding carboxylic acids is 1. The molecule has 0 saturated carbocycles. The molecule has 0 aliphatic heterocycles. The van der Waals surface area contributed by atoms with E-state index in [2.05, 4.69) is 20.0 Å². The van der Waals surface area contributed by atoms with Crippen LogP contribution in [0.5, 0.6) is 0 Å². The van der Waals surface area contributed by atoms with Crippen LogP contribution in [-0.4, -0.2) is 23.0 Å². The molecule has 0 saturated heterocycles. The number of methoxy groups -OCH3 is 1. The molecule has 146 valence electrons. The normalized spacial score (nSPS) is 10.9. The van der Waals surface area contributed by atoms with Crippen molar-refractivity contribution >= 4 is 17.6 Å². The van der Waals surface area contributed by atoms with Gasteiger partial charge in [-0.3, -0.25) is 0 Å². The lowest BCUT2D eigenvalue weighted by Gasteiger charge is -2.14. The van der Waals surface area contributed by atoms with E-state index in [-0.39, 0.29) is 17.2 Å². The van der Waals surface area contributed by atoms with Gasteiger partial charge in [0.1, 0.15) is 5.56 Å². The molecule has 0 bridgehead atoms. The average molecular weight is 398 g/mol. The van der Waals surface area contributed by atoms with Crippen LogP contribution in [-0.2, 0) is 10.9 Å². The fourth-order valence-corrected chi connectivity index (χ4v) is 2.51. The summed E-state index contributed by atoms with van der Waals surface area (Å²) in [7, 11) is 1.26. The van der Waals surface area contributed by atoms with Crippen molar-refractivity contribution in [2.75, 3.05) is 12.4 Å². The van der Waals surface area contributed by atoms with Gasteiger partial charge < -0.3 is 10.1 Å². The van der Waals surface area contributed by atoms with E-state index in [9.17, 15) is 18.0 Å². The molecule has 9 heteroatoms. The lowest BCUT2D eigenvalue weighted by Crippen LogP contribution is -2.11. The summed E-state index contributed by atoms with van der Waals surface area (Å²) in [5, 5.41) is 11.7. The molecule has 0 radical (unpaired) electrons. The summed E-state index contributed by atoms with van der Waals surface area (Å²) in [5.41, 5.74) is 0.00976. The maximum absolute atomic E-state index is 13.4. The van der Waals surface area contributed by atoms with E-state index < -0.39 is 17.7 Å². The van der Waals surface area contributed by atoms with Gasteiger partial charge in [0.25, 0.3) is 0 Å². The van der Waals surface area contributed by atoms with Crippen LogP contribution in [0.25, 0.3) is 11.3 Å². The number of esters is 1. The summed E-state index contributed by atoms with van der Waals surface area (Å²) in [6.45, 7) is 0. The molecular weight excluding hydrogens is 385 g/mol. The summed E-state index contributed by atoms with van der Waals surface area (Å²) in [6, 6.07) is 13.6. The van der Waals surface area contributed by atoms with Crippen molar-refractivity contribution in [3.05, 3.63) is 71.4 Å². The first-order chi connectivity index (χ1) is 13.8. The number of carbonyl (C=O) groups is 1. The third-order valence-electron chi connectivity index (χ3n) is 3.94. The largest absolute Gasteiger partial charge is 0.465 e. The standard InChI is InChI=1S/C20H13F3N4O2/c1-29-18(28)14-6-8-15(9-7-14)26-19-25-11-16(20(21,22)23)17(27-19)13-4-2-12(10-24)3-5-13/h2-9,11H,1H3,(H,25,26,27). The van der Waals surface area contributed by atoms with Crippen molar-refractivity contribution < 1.29 is 22.7 Å². The minimum atomic E-state index is -4.65. The van der Waals surface area contributed by atoms with Gasteiger partial charge in [-0.05, 0) is 36.4 Å². The van der Waals surface area contributed by atoms with Gasteiger partial charge in [-0.2, -0.15) is 18.4 Å². The Morgan fingerprint density at radius 1 is 1.10 bits per heavy atom. The van der Waals surface area contributed by atoms with Crippen LogP contribution >= 0.6 is 0 Å². The Hall–Kier alpha value is -3.93. The fourth-order valence-electron chi connectivity index (χ4n) is 2.51. The molecular formula is C20H13F3N4O2. The van der Waals surface area contributed by atoms with Crippen LogP contribution in [0, 0.1) is 11.3 Å². The van der Waals surface area contributed by atoms with E-state index in [0.29, 0.717) is 23.0 Å². The van der Waals surface area contributed by atoms with Crippen molar-refractivity contribution in [2.24, 2.45) is 0 Å². The Morgan fingerprint density at radius 2 is 1.76 bits per heavy atom. The monoisotopic (exact) mass is 398 g/mol. The highest BCUT2D eigenvalue weighted by atomic mass is 19.4. The Bertz CT molecular complexity index is 1070. The van der Waals surface area contributed by atoms with Gasteiger partial charge >= 0.3 is 12.1 Å². The third-order valence-corrected chi connectivity index (χ3v) is 3.94. The number of aromatic nitrogens is 2. The number of hydrogen-bond donors (Lipinski definition) is 1. The summed E-state index contributed by atoms with van der Waals surface area (Å²) >= 11 is 0. The highest BCUT2D eigenvalue weighted by molar-refractivity contribution is 5.89. The third kappa shape index (κ3) is 4.50. The number of nitrogens with zero attached hydrogens (tertiary/aromatic N) is 3. The minimum absolute atomic E-state index is 0.0526. The molecule has 0 aliphatic carbocycles. The number of ether oxygens (including phenoxy) is 1. The number of anilines is 2. The smallest absolute Gasteiger partial charge is 0.419 e. The number of hydrogen-bond acceptors (Lipinski definition) is 6. The Morgan fingerprint density at radius 3 is 2.31 bits per heavy atom. The first-order valence-corrected chi connectivity index (χ1v) is 8.22. The van der Waals surface area contributed by atoms with Crippen LogP contribution in [0.4, 0.5) is 24.8 Å². The predicted octanol–water partition coefficient (Wildman–Crippen LogP) is 4.56. The summed E-state index contributed by atoms with van der Waals surface area (Å²) < 4.78 is 44.8. The van der Waals surface area contributed by atoms with Gasteiger partial charge in [-0.1, -0.05) is 12.1 Å². The van der Waals surface area contributed by atoms with Crippen LogP contribution < -0.4 is 5.32 Å². The van der Waals surface area contributed by atoms with Gasteiger partial charge in [0.15, 0.2) is 0 Å². The van der Waals surface area contributed by atoms with E-state index in [4.69, 9.17) is 5.26 Å². The van der Waals surface area contributed by atoms with Crippen LogP contribution in [0.1, 0.15) is 21.5 Å². The lowest BCUT2D eigenvalue weighted by molar-refractivity contribution is -0.137. The molecule has 0 unspecified atom stereocenters. The number of rotatable bonds is 4. The van der Waals surface area contributed by atoms with Crippen molar-refractivity contribution in [2.45, 2.75) is 6.18 Å². The molecule has 0 fully saturated rings. The number of benzene rings is 2. The molecule has 1 aromatic heterocycles. The number of nitriles is 1. The van der Waals surface area contributed by atoms with E-state index in [1.165, 1.54) is 43.5 Å². The van der Waals surface area contributed by atoms with Crippen LogP contribution in [0.2, 0.25) is 0 Å². The zero-order chi connectivity index (χ0) is 21.0. The first-order valence-electron chi connectivity index (χ1n) is 8.22. The quantitative estimate of drug-likeness (QED) is 0.648. The SMILES string of the molecule is COC(=O)c1ccc(Nc2ncc(C(F)(F)F)c(-c3ccc(C#N)cc3)n2)cc1. The predicted molar refractivity (Wildman–Crippen MR) is 98.2 cm³/mol. The zero-order valence-corrected chi connectivity index (χ0v) is 15.0. The van der Waals surface area contributed by atoms with Gasteiger partial charge in [-0.25, -0.2) is 14.8 Å². The number of halogens is 3. The average Bonchev–Trinajstić information content (AvgIpc) is 2.73. The molecule has 0 atom stereocenters. The number of alkyl halides is 3. The van der Waals surface area contributed by atoms with Gasteiger partial charge in [-0.15, -0.1) is 0 Å². The van der Waals surface area contributed by atoms with Crippen molar-refractivity contribution in [3.8, 4) is 17.3 Å². The van der Waals surface area contributed by atoms with E-state index in [0.717, 1.165) is 0 Å². The Balaban J connectivity index is 1.96. The lowest BCUT2D eigenvalue weighted by atomic mass is 10.1. The van der Waals surface area contributed by atoms with E-state index in [1.54, 1.807) is 12.1 Å². The minimum Gasteiger partial charge on any atom is -0.465 e. The number of nitrogens with one attached hydrogen (secondary N) is 1. The van der Waals surface area contributed by atoms with E-state index in [1.807, 2.05) is 6.07 Å². The van der Waals surface area contributed by atoms with Gasteiger partial charge in [0, 0.05) is 17.4 Å². The second-order valence-electron chi connectivity index (χ2n) is 5.84. The molecule has 0 spiro atoms. The zero-order valence-electron chi connectivity index (χ0n) is 15.0. The highest BCUT2D eigenvalue weighted by Crippen LogP contribution is 2.36. The summed E-state index contributed by atoms with van der Waals surface area (Å²) in [6.07, 6.45) is -3.95. The summed E-state index contributed by atoms with van der Waals surface area (Å²) in [5.74, 6) is -0.561. The maximum atomic E-state index is 13.4. The maximum Gasteiger partial charge on any atom is 0.419 e. The molecule has 3 rings (SSSR count). The Kier molecular flexibility index (Phi) is 5.45. The second-order valence-corrected chi connectivity index (χ2v) is 5.84. The van der Waals surface area contributed by atoms with Gasteiger partial charge in [0.05, 0.1) is 30.0 Å². The molecule has 1 N–H and O–H groups in total. The molecule has 0 amide bonds. The molecule has 0 aliphatic rings. The van der Waals surface area contributed by atoms with Crippen LogP contribution in [0.3, 0.4) is 0 Å². The molecule has 3 aromatic rings. The van der Waals surface area contributed by atoms with Crippen molar-refractivity contribution in [3.63, 3.8) is 0 Å². The summed E-state index contributed by atoms with van der Waals surface area (Å²) in [4.78, 5) is 19.2. The first kappa shape index (κ1) is 19.8. The molecule has 6 nitrogen and oxygen atoms in total. The van der Waals surface area contributed by atoms with Crippen molar-refractivity contribution in [1.29, 1.82) is 5.26 Å². The van der Waals surface area contributed by atoms with Gasteiger partial charge in [0.2, 0.25) is 5.95 Å². The molecule has 2 aromatic carbocycles. The van der Waals surface area contributed by atoms with Crippen molar-refractivity contribution in [1.82, 2.24) is 9.97 Å².